The smallest absolute Gasteiger partial charge is 0.326 e. The molecule has 2 nitrogen and oxygen atoms in total. The van der Waals surface area contributed by atoms with Crippen LogP contribution in [0.1, 0.15) is 31.4 Å². The summed E-state index contributed by atoms with van der Waals surface area (Å²) in [5.41, 5.74) is 2.35. The zero-order valence-electron chi connectivity index (χ0n) is 12.8. The molecule has 1 aliphatic heterocycles. The Morgan fingerprint density at radius 2 is 1.61 bits per heavy atom. The average molecular weight is 319 g/mol. The molecule has 0 radical (unpaired) electrons. The molecule has 0 aromatic heterocycles. The number of rotatable bonds is 1. The molecule has 0 spiro atoms. The summed E-state index contributed by atoms with van der Waals surface area (Å²) in [6.45, 7) is 3.97. The predicted molar refractivity (Wildman–Crippen MR) is 83.2 cm³/mol. The van der Waals surface area contributed by atoms with Gasteiger partial charge in [-0.3, -0.25) is 4.79 Å². The van der Waals surface area contributed by atoms with Crippen molar-refractivity contribution < 1.29 is 18.0 Å². The van der Waals surface area contributed by atoms with Gasteiger partial charge in [0.1, 0.15) is 0 Å². The summed E-state index contributed by atoms with van der Waals surface area (Å²) in [7, 11) is 0. The first kappa shape index (κ1) is 15.6. The van der Waals surface area contributed by atoms with Crippen molar-refractivity contribution in [3.63, 3.8) is 0 Å². The van der Waals surface area contributed by atoms with E-state index < -0.39 is 11.7 Å². The van der Waals surface area contributed by atoms with Gasteiger partial charge in [-0.15, -0.1) is 0 Å². The number of hydrogen-bond acceptors (Lipinski definition) is 1. The highest BCUT2D eigenvalue weighted by Crippen LogP contribution is 2.39. The van der Waals surface area contributed by atoms with Crippen molar-refractivity contribution in [2.45, 2.75) is 31.9 Å². The summed E-state index contributed by atoms with van der Waals surface area (Å²) in [6, 6.07) is 10.7. The van der Waals surface area contributed by atoms with Crippen LogP contribution >= 0.6 is 0 Å². The van der Waals surface area contributed by atoms with E-state index in [9.17, 15) is 18.0 Å². The maximum absolute atomic E-state index is 12.6. The van der Waals surface area contributed by atoms with Crippen LogP contribution in [-0.4, -0.2) is 5.91 Å². The molecule has 1 heterocycles. The van der Waals surface area contributed by atoms with Gasteiger partial charge in [-0.05, 0) is 41.0 Å². The van der Waals surface area contributed by atoms with Crippen LogP contribution in [0.15, 0.2) is 42.5 Å². The number of carbonyl (C=O) groups is 1. The summed E-state index contributed by atoms with van der Waals surface area (Å²) in [5.74, 6) is -0.0234. The van der Waals surface area contributed by atoms with Crippen molar-refractivity contribution in [3.8, 4) is 11.1 Å². The summed E-state index contributed by atoms with van der Waals surface area (Å²) in [4.78, 5) is 11.7. The Balaban J connectivity index is 2.01. The van der Waals surface area contributed by atoms with Gasteiger partial charge in [-0.2, -0.15) is 13.2 Å². The zero-order chi connectivity index (χ0) is 16.8. The van der Waals surface area contributed by atoms with E-state index in [1.807, 2.05) is 26.0 Å². The lowest BCUT2D eigenvalue weighted by Gasteiger charge is -2.32. The maximum Gasteiger partial charge on any atom is 0.416 e. The third-order valence-corrected chi connectivity index (χ3v) is 4.17. The molecule has 0 bridgehead atoms. The monoisotopic (exact) mass is 319 g/mol. The molecule has 3 rings (SSSR count). The highest BCUT2D eigenvalue weighted by molar-refractivity contribution is 5.96. The number of alkyl halides is 3. The molecular formula is C18H16F3NO. The Labute approximate surface area is 132 Å². The summed E-state index contributed by atoms with van der Waals surface area (Å²) < 4.78 is 37.9. The van der Waals surface area contributed by atoms with Gasteiger partial charge in [-0.1, -0.05) is 32.0 Å². The largest absolute Gasteiger partial charge is 0.416 e. The topological polar surface area (TPSA) is 29.1 Å². The second-order valence-electron chi connectivity index (χ2n) is 6.44. The predicted octanol–water partition coefficient (Wildman–Crippen LogP) is 4.99. The van der Waals surface area contributed by atoms with Crippen LogP contribution in [-0.2, 0) is 16.4 Å². The minimum atomic E-state index is -4.33. The molecule has 5 heteroatoms. The fourth-order valence-electron chi connectivity index (χ4n) is 2.94. The van der Waals surface area contributed by atoms with Gasteiger partial charge in [-0.25, -0.2) is 0 Å². The van der Waals surface area contributed by atoms with E-state index in [1.165, 1.54) is 12.1 Å². The first-order valence-electron chi connectivity index (χ1n) is 7.29. The average Bonchev–Trinajstić information content (AvgIpc) is 2.45. The van der Waals surface area contributed by atoms with Crippen LogP contribution in [0.3, 0.4) is 0 Å². The van der Waals surface area contributed by atoms with Crippen LogP contribution in [0, 0.1) is 0 Å². The number of fused-ring (bicyclic) bond motifs is 1. The molecule has 0 saturated heterocycles. The Kier molecular flexibility index (Phi) is 3.47. The zero-order valence-corrected chi connectivity index (χ0v) is 12.8. The quantitative estimate of drug-likeness (QED) is 0.788. The number of anilines is 1. The first-order chi connectivity index (χ1) is 10.7. The minimum absolute atomic E-state index is 0.0234. The standard InChI is InChI=1S/C18H16F3NO/c1-17(2)10-16(23)22-15-8-5-12(9-14(15)17)11-3-6-13(7-4-11)18(19,20)21/h3-9H,10H2,1-2H3,(H,22,23). The van der Waals surface area contributed by atoms with Crippen LogP contribution in [0.4, 0.5) is 18.9 Å². The highest BCUT2D eigenvalue weighted by atomic mass is 19.4. The molecule has 1 N–H and O–H groups in total. The molecule has 0 saturated carbocycles. The molecule has 2 aromatic rings. The summed E-state index contributed by atoms with van der Waals surface area (Å²) in [6.07, 6.45) is -3.95. The maximum atomic E-state index is 12.6. The highest BCUT2D eigenvalue weighted by Gasteiger charge is 2.32. The summed E-state index contributed by atoms with van der Waals surface area (Å²) in [5, 5.41) is 2.84. The normalized spacial score (nSPS) is 16.7. The van der Waals surface area contributed by atoms with Gasteiger partial charge in [0, 0.05) is 17.5 Å². The molecule has 2 aromatic carbocycles. The Hall–Kier alpha value is -2.30. The van der Waals surface area contributed by atoms with Crippen molar-refractivity contribution >= 4 is 11.6 Å². The van der Waals surface area contributed by atoms with Crippen molar-refractivity contribution in [1.29, 1.82) is 0 Å². The van der Waals surface area contributed by atoms with Crippen LogP contribution < -0.4 is 5.32 Å². The van der Waals surface area contributed by atoms with Crippen LogP contribution in [0.25, 0.3) is 11.1 Å². The van der Waals surface area contributed by atoms with Crippen LogP contribution in [0.5, 0.6) is 0 Å². The number of nitrogens with one attached hydrogen (secondary N) is 1. The molecule has 120 valence electrons. The minimum Gasteiger partial charge on any atom is -0.326 e. The van der Waals surface area contributed by atoms with Crippen molar-refractivity contribution in [2.24, 2.45) is 0 Å². The Morgan fingerprint density at radius 1 is 1.00 bits per heavy atom. The van der Waals surface area contributed by atoms with Gasteiger partial charge in [0.15, 0.2) is 0 Å². The van der Waals surface area contributed by atoms with Gasteiger partial charge < -0.3 is 5.32 Å². The van der Waals surface area contributed by atoms with E-state index in [1.54, 1.807) is 6.07 Å². The Morgan fingerprint density at radius 3 is 2.22 bits per heavy atom. The molecule has 0 atom stereocenters. The molecule has 23 heavy (non-hydrogen) atoms. The number of halogens is 3. The third kappa shape index (κ3) is 2.96. The lowest BCUT2D eigenvalue weighted by atomic mass is 9.77. The van der Waals surface area contributed by atoms with Crippen LogP contribution in [0.2, 0.25) is 0 Å². The van der Waals surface area contributed by atoms with E-state index >= 15 is 0 Å². The third-order valence-electron chi connectivity index (χ3n) is 4.17. The van der Waals surface area contributed by atoms with Crippen molar-refractivity contribution in [2.75, 3.05) is 5.32 Å². The van der Waals surface area contributed by atoms with Gasteiger partial charge >= 0.3 is 6.18 Å². The van der Waals surface area contributed by atoms with E-state index in [-0.39, 0.29) is 11.3 Å². The van der Waals surface area contributed by atoms with Gasteiger partial charge in [0.2, 0.25) is 5.91 Å². The molecule has 1 amide bonds. The van der Waals surface area contributed by atoms with Crippen molar-refractivity contribution in [3.05, 3.63) is 53.6 Å². The molecular weight excluding hydrogens is 303 g/mol. The molecule has 0 unspecified atom stereocenters. The molecule has 0 aliphatic carbocycles. The second-order valence-corrected chi connectivity index (χ2v) is 6.44. The Bertz CT molecular complexity index is 761. The van der Waals surface area contributed by atoms with Crippen molar-refractivity contribution in [1.82, 2.24) is 0 Å². The summed E-state index contributed by atoms with van der Waals surface area (Å²) >= 11 is 0. The van der Waals surface area contributed by atoms with Gasteiger partial charge in [0.05, 0.1) is 5.56 Å². The fourth-order valence-corrected chi connectivity index (χ4v) is 2.94. The first-order valence-corrected chi connectivity index (χ1v) is 7.29. The lowest BCUT2D eigenvalue weighted by Crippen LogP contribution is -2.32. The van der Waals surface area contributed by atoms with E-state index in [0.717, 1.165) is 28.9 Å². The number of amides is 1. The molecule has 0 fully saturated rings. The molecule has 1 aliphatic rings. The van der Waals surface area contributed by atoms with Gasteiger partial charge in [0.25, 0.3) is 0 Å². The second kappa shape index (κ2) is 5.11. The SMILES string of the molecule is CC1(C)CC(=O)Nc2ccc(-c3ccc(C(F)(F)F)cc3)cc21. The van der Waals surface area contributed by atoms with E-state index in [4.69, 9.17) is 0 Å². The number of benzene rings is 2. The fraction of sp³-hybridized carbons (Fsp3) is 0.278. The number of hydrogen-bond donors (Lipinski definition) is 1. The number of carbonyl (C=O) groups excluding carboxylic acids is 1. The van der Waals surface area contributed by atoms with E-state index in [0.29, 0.717) is 12.0 Å². The van der Waals surface area contributed by atoms with E-state index in [2.05, 4.69) is 5.32 Å². The lowest BCUT2D eigenvalue weighted by molar-refractivity contribution is -0.137.